The lowest BCUT2D eigenvalue weighted by molar-refractivity contribution is 0.594. The first kappa shape index (κ1) is 21.8. The molecule has 6 nitrogen and oxygen atoms in total. The van der Waals surface area contributed by atoms with E-state index in [1.165, 1.54) is 0 Å². The minimum atomic E-state index is -3.28. The van der Waals surface area contributed by atoms with Crippen molar-refractivity contribution < 1.29 is 8.42 Å². The first-order valence-corrected chi connectivity index (χ1v) is 10.2. The molecule has 0 aliphatic carbocycles. The largest absolute Gasteiger partial charge is 0.356 e. The summed E-state index contributed by atoms with van der Waals surface area (Å²) in [5, 5.41) is 9.29. The van der Waals surface area contributed by atoms with E-state index in [1.54, 1.807) is 48.7 Å². The van der Waals surface area contributed by atoms with Gasteiger partial charge < -0.3 is 10.6 Å². The molecule has 25 heavy (non-hydrogen) atoms. The SMILES string of the molecule is CN=C(NCCc1csc(C)n1)NCCS(=O)(=O)c1ccccc1.I. The molecule has 1 aromatic heterocycles. The van der Waals surface area contributed by atoms with E-state index in [-0.39, 0.29) is 29.7 Å². The molecule has 2 rings (SSSR count). The van der Waals surface area contributed by atoms with Gasteiger partial charge in [0.15, 0.2) is 15.8 Å². The maximum atomic E-state index is 12.2. The standard InChI is InChI=1S/C16H22N4O2S2.HI/c1-13-20-14(12-23-13)8-9-18-16(17-2)19-10-11-24(21,22)15-6-4-3-5-7-15;/h3-7,12H,8-11H2,1-2H3,(H2,17,18,19);1H. The van der Waals surface area contributed by atoms with Gasteiger partial charge in [0.05, 0.1) is 21.3 Å². The number of aromatic nitrogens is 1. The Morgan fingerprint density at radius 3 is 2.48 bits per heavy atom. The highest BCUT2D eigenvalue weighted by atomic mass is 127. The summed E-state index contributed by atoms with van der Waals surface area (Å²) in [6.45, 7) is 2.97. The summed E-state index contributed by atoms with van der Waals surface area (Å²) in [6.07, 6.45) is 0.799. The van der Waals surface area contributed by atoms with E-state index in [1.807, 2.05) is 12.3 Å². The van der Waals surface area contributed by atoms with Crippen LogP contribution in [0.15, 0.2) is 45.6 Å². The van der Waals surface area contributed by atoms with Crippen LogP contribution in [0.1, 0.15) is 10.7 Å². The van der Waals surface area contributed by atoms with Gasteiger partial charge >= 0.3 is 0 Å². The normalized spacial score (nSPS) is 11.7. The third-order valence-corrected chi connectivity index (χ3v) is 5.88. The van der Waals surface area contributed by atoms with Crippen LogP contribution in [0, 0.1) is 6.92 Å². The van der Waals surface area contributed by atoms with Gasteiger partial charge in [0, 0.05) is 31.9 Å². The molecule has 0 amide bonds. The molecule has 0 fully saturated rings. The zero-order chi connectivity index (χ0) is 17.4. The van der Waals surface area contributed by atoms with E-state index >= 15 is 0 Å². The Morgan fingerprint density at radius 1 is 1.20 bits per heavy atom. The average molecular weight is 494 g/mol. The number of nitrogens with one attached hydrogen (secondary N) is 2. The Balaban J connectivity index is 0.00000312. The Bertz CT molecular complexity index is 776. The minimum Gasteiger partial charge on any atom is -0.356 e. The van der Waals surface area contributed by atoms with Crippen LogP contribution < -0.4 is 10.6 Å². The number of rotatable bonds is 7. The molecule has 138 valence electrons. The van der Waals surface area contributed by atoms with Gasteiger partial charge in [0.25, 0.3) is 0 Å². The predicted octanol–water partition coefficient (Wildman–Crippen LogP) is 2.25. The molecule has 0 atom stereocenters. The summed E-state index contributed by atoms with van der Waals surface area (Å²) in [4.78, 5) is 8.84. The summed E-state index contributed by atoms with van der Waals surface area (Å²) in [5.41, 5.74) is 1.05. The van der Waals surface area contributed by atoms with Crippen molar-refractivity contribution in [3.63, 3.8) is 0 Å². The zero-order valence-electron chi connectivity index (χ0n) is 14.2. The highest BCUT2D eigenvalue weighted by Crippen LogP contribution is 2.09. The minimum absolute atomic E-state index is 0. The van der Waals surface area contributed by atoms with E-state index in [9.17, 15) is 8.42 Å². The van der Waals surface area contributed by atoms with Crippen LogP contribution in [-0.2, 0) is 16.3 Å². The number of aliphatic imine (C=N–C) groups is 1. The van der Waals surface area contributed by atoms with Crippen molar-refractivity contribution in [2.45, 2.75) is 18.2 Å². The fourth-order valence-corrected chi connectivity index (χ4v) is 3.93. The smallest absolute Gasteiger partial charge is 0.191 e. The third-order valence-electron chi connectivity index (χ3n) is 3.33. The lowest BCUT2D eigenvalue weighted by Crippen LogP contribution is -2.40. The van der Waals surface area contributed by atoms with E-state index in [0.29, 0.717) is 23.9 Å². The summed E-state index contributed by atoms with van der Waals surface area (Å²) < 4.78 is 24.4. The van der Waals surface area contributed by atoms with Crippen molar-refractivity contribution in [2.24, 2.45) is 4.99 Å². The van der Waals surface area contributed by atoms with Crippen LogP contribution in [0.2, 0.25) is 0 Å². The molecule has 0 aliphatic heterocycles. The molecule has 1 aromatic carbocycles. The number of nitrogens with zero attached hydrogens (tertiary/aromatic N) is 2. The Morgan fingerprint density at radius 2 is 1.88 bits per heavy atom. The number of guanidine groups is 1. The van der Waals surface area contributed by atoms with E-state index < -0.39 is 9.84 Å². The topological polar surface area (TPSA) is 83.4 Å². The summed E-state index contributed by atoms with van der Waals surface area (Å²) in [6, 6.07) is 8.46. The molecular weight excluding hydrogens is 471 g/mol. The van der Waals surface area contributed by atoms with Crippen LogP contribution in [0.4, 0.5) is 0 Å². The van der Waals surface area contributed by atoms with Crippen LogP contribution in [0.3, 0.4) is 0 Å². The second-order valence-electron chi connectivity index (χ2n) is 5.17. The Labute approximate surface area is 170 Å². The second-order valence-corrected chi connectivity index (χ2v) is 8.34. The highest BCUT2D eigenvalue weighted by Gasteiger charge is 2.13. The number of halogens is 1. The molecule has 9 heteroatoms. The lowest BCUT2D eigenvalue weighted by atomic mass is 10.3. The van der Waals surface area contributed by atoms with Crippen molar-refractivity contribution in [1.29, 1.82) is 0 Å². The van der Waals surface area contributed by atoms with Gasteiger partial charge in [-0.05, 0) is 19.1 Å². The summed E-state index contributed by atoms with van der Waals surface area (Å²) in [5.74, 6) is 0.605. The zero-order valence-corrected chi connectivity index (χ0v) is 18.2. The van der Waals surface area contributed by atoms with Gasteiger partial charge in [0.2, 0.25) is 0 Å². The number of benzene rings is 1. The number of sulfone groups is 1. The first-order valence-electron chi connectivity index (χ1n) is 7.64. The average Bonchev–Trinajstić information content (AvgIpc) is 2.99. The van der Waals surface area contributed by atoms with Gasteiger partial charge in [-0.2, -0.15) is 0 Å². The van der Waals surface area contributed by atoms with Gasteiger partial charge in [0.1, 0.15) is 0 Å². The summed E-state index contributed by atoms with van der Waals surface area (Å²) >= 11 is 1.63. The quantitative estimate of drug-likeness (QED) is 0.351. The monoisotopic (exact) mass is 494 g/mol. The van der Waals surface area contributed by atoms with Gasteiger partial charge in [-0.3, -0.25) is 4.99 Å². The van der Waals surface area contributed by atoms with Gasteiger partial charge in [-0.25, -0.2) is 13.4 Å². The highest BCUT2D eigenvalue weighted by molar-refractivity contribution is 14.0. The maximum Gasteiger partial charge on any atom is 0.191 e. The Kier molecular flexibility index (Phi) is 9.36. The molecule has 1 heterocycles. The molecule has 0 unspecified atom stereocenters. The van der Waals surface area contributed by atoms with E-state index in [4.69, 9.17) is 0 Å². The molecule has 2 aromatic rings. The van der Waals surface area contributed by atoms with E-state index in [0.717, 1.165) is 17.1 Å². The summed E-state index contributed by atoms with van der Waals surface area (Å²) in [7, 11) is -1.62. The maximum absolute atomic E-state index is 12.2. The second kappa shape index (κ2) is 10.7. The van der Waals surface area contributed by atoms with Crippen LogP contribution in [0.5, 0.6) is 0 Å². The molecule has 0 bridgehead atoms. The van der Waals surface area contributed by atoms with Crippen molar-refractivity contribution in [3.8, 4) is 0 Å². The number of hydrogen-bond acceptors (Lipinski definition) is 5. The molecule has 0 aliphatic rings. The fraction of sp³-hybridized carbons (Fsp3) is 0.375. The van der Waals surface area contributed by atoms with Crippen LogP contribution in [0.25, 0.3) is 0 Å². The van der Waals surface area contributed by atoms with E-state index in [2.05, 4.69) is 20.6 Å². The molecular formula is C16H23IN4O2S2. The van der Waals surface area contributed by atoms with Gasteiger partial charge in [-0.1, -0.05) is 18.2 Å². The fourth-order valence-electron chi connectivity index (χ4n) is 2.10. The van der Waals surface area contributed by atoms with Crippen LogP contribution >= 0.6 is 35.3 Å². The molecule has 0 saturated heterocycles. The Hall–Kier alpha value is -1.20. The van der Waals surface area contributed by atoms with Crippen molar-refractivity contribution in [3.05, 3.63) is 46.4 Å². The van der Waals surface area contributed by atoms with Crippen molar-refractivity contribution >= 4 is 51.1 Å². The van der Waals surface area contributed by atoms with Crippen LogP contribution in [-0.4, -0.2) is 45.3 Å². The predicted molar refractivity (Wildman–Crippen MR) is 114 cm³/mol. The molecule has 0 spiro atoms. The lowest BCUT2D eigenvalue weighted by Gasteiger charge is -2.11. The number of thiazole rings is 1. The van der Waals surface area contributed by atoms with Crippen molar-refractivity contribution in [1.82, 2.24) is 15.6 Å². The number of aryl methyl sites for hydroxylation is 1. The molecule has 0 saturated carbocycles. The molecule has 2 N–H and O–H groups in total. The molecule has 0 radical (unpaired) electrons. The number of hydrogen-bond donors (Lipinski definition) is 2. The third kappa shape index (κ3) is 7.28. The first-order chi connectivity index (χ1) is 11.5. The van der Waals surface area contributed by atoms with Gasteiger partial charge in [-0.15, -0.1) is 35.3 Å². The van der Waals surface area contributed by atoms with Crippen molar-refractivity contribution in [2.75, 3.05) is 25.9 Å².